The third-order valence-corrected chi connectivity index (χ3v) is 6.40. The average Bonchev–Trinajstić information content (AvgIpc) is 3.18. The Bertz CT molecular complexity index is 979. The summed E-state index contributed by atoms with van der Waals surface area (Å²) in [4.78, 5) is 37.2. The van der Waals surface area contributed by atoms with Crippen LogP contribution in [0, 0.1) is 0 Å². The van der Waals surface area contributed by atoms with Crippen molar-refractivity contribution in [3.63, 3.8) is 0 Å². The highest BCUT2D eigenvalue weighted by Crippen LogP contribution is 2.29. The van der Waals surface area contributed by atoms with E-state index in [1.54, 1.807) is 23.2 Å². The van der Waals surface area contributed by atoms with Crippen molar-refractivity contribution in [2.75, 3.05) is 26.2 Å². The van der Waals surface area contributed by atoms with Crippen molar-refractivity contribution in [1.82, 2.24) is 19.8 Å². The standard InChI is InChI=1S/C25H32N4O4/c1-2-33-23-12-10-19(17-26-23)22(16-24(30)31)29-15-14-28(25(29)32)13-5-7-20-11-9-18-6-3-4-8-21(18)27-20/h9-12,17,22H,2-8,13-16H2,1H3,(H,30,31)/t22-/m0/s1. The Morgan fingerprint density at radius 2 is 2.03 bits per heavy atom. The molecule has 0 radical (unpaired) electrons. The monoisotopic (exact) mass is 452 g/mol. The van der Waals surface area contributed by atoms with Crippen molar-refractivity contribution in [2.24, 2.45) is 0 Å². The number of rotatable bonds is 10. The molecule has 8 nitrogen and oxygen atoms in total. The molecule has 0 saturated carbocycles. The van der Waals surface area contributed by atoms with Crippen molar-refractivity contribution in [3.05, 3.63) is 53.0 Å². The van der Waals surface area contributed by atoms with Crippen molar-refractivity contribution >= 4 is 12.0 Å². The zero-order valence-corrected chi connectivity index (χ0v) is 19.2. The number of aliphatic carboxylic acids is 1. The minimum absolute atomic E-state index is 0.117. The Morgan fingerprint density at radius 1 is 1.18 bits per heavy atom. The number of amides is 2. The van der Waals surface area contributed by atoms with Crippen LogP contribution in [0.4, 0.5) is 4.79 Å². The molecular formula is C25H32N4O4. The Balaban J connectivity index is 1.36. The maximum absolute atomic E-state index is 13.1. The van der Waals surface area contributed by atoms with E-state index in [0.29, 0.717) is 37.7 Å². The van der Waals surface area contributed by atoms with Gasteiger partial charge in [0.2, 0.25) is 5.88 Å². The molecule has 0 spiro atoms. The molecule has 4 rings (SSSR count). The summed E-state index contributed by atoms with van der Waals surface area (Å²) in [6.07, 6.45) is 7.76. The van der Waals surface area contributed by atoms with Crippen molar-refractivity contribution in [1.29, 1.82) is 0 Å². The summed E-state index contributed by atoms with van der Waals surface area (Å²) in [5.41, 5.74) is 4.41. The first-order valence-electron chi connectivity index (χ1n) is 11.9. The number of nitrogens with zero attached hydrogens (tertiary/aromatic N) is 4. The van der Waals surface area contributed by atoms with Gasteiger partial charge in [0.1, 0.15) is 0 Å². The number of hydrogen-bond acceptors (Lipinski definition) is 5. The molecule has 2 amide bonds. The number of carbonyl (C=O) groups excluding carboxylic acids is 1. The van der Waals surface area contributed by atoms with Gasteiger partial charge in [-0.15, -0.1) is 0 Å². The largest absolute Gasteiger partial charge is 0.481 e. The molecule has 176 valence electrons. The third-order valence-electron chi connectivity index (χ3n) is 6.40. The van der Waals surface area contributed by atoms with Gasteiger partial charge < -0.3 is 19.6 Å². The van der Waals surface area contributed by atoms with Crippen LogP contribution in [0.1, 0.15) is 61.2 Å². The third kappa shape index (κ3) is 5.61. The summed E-state index contributed by atoms with van der Waals surface area (Å²) in [6.45, 7) is 4.11. The van der Waals surface area contributed by atoms with E-state index in [0.717, 1.165) is 31.4 Å². The fraction of sp³-hybridized carbons (Fsp3) is 0.520. The van der Waals surface area contributed by atoms with Crippen molar-refractivity contribution in [3.8, 4) is 5.88 Å². The summed E-state index contributed by atoms with van der Waals surface area (Å²) in [7, 11) is 0. The molecule has 0 unspecified atom stereocenters. The molecule has 8 heteroatoms. The normalized spacial score (nSPS) is 16.6. The van der Waals surface area contributed by atoms with Gasteiger partial charge in [0.15, 0.2) is 0 Å². The number of urea groups is 1. The molecule has 3 heterocycles. The number of carboxylic acids is 1. The van der Waals surface area contributed by atoms with Gasteiger partial charge in [0.25, 0.3) is 0 Å². The lowest BCUT2D eigenvalue weighted by Gasteiger charge is -2.27. The summed E-state index contributed by atoms with van der Waals surface area (Å²) in [5, 5.41) is 9.44. The van der Waals surface area contributed by atoms with Gasteiger partial charge in [-0.25, -0.2) is 9.78 Å². The number of aromatic nitrogens is 2. The first-order valence-corrected chi connectivity index (χ1v) is 11.9. The quantitative estimate of drug-likeness (QED) is 0.591. The van der Waals surface area contributed by atoms with Crippen LogP contribution in [0.25, 0.3) is 0 Å². The lowest BCUT2D eigenvalue weighted by atomic mass is 9.95. The van der Waals surface area contributed by atoms with E-state index in [1.165, 1.54) is 24.1 Å². The van der Waals surface area contributed by atoms with Gasteiger partial charge in [-0.2, -0.15) is 0 Å². The molecule has 1 fully saturated rings. The predicted octanol–water partition coefficient (Wildman–Crippen LogP) is 3.64. The van der Waals surface area contributed by atoms with Crippen LogP contribution in [0.15, 0.2) is 30.5 Å². The lowest BCUT2D eigenvalue weighted by Crippen LogP contribution is -2.36. The molecule has 0 aromatic carbocycles. The molecule has 1 atom stereocenters. The molecule has 1 aliphatic heterocycles. The summed E-state index contributed by atoms with van der Waals surface area (Å²) in [6, 6.07) is 7.17. The average molecular weight is 453 g/mol. The molecule has 33 heavy (non-hydrogen) atoms. The van der Waals surface area contributed by atoms with Gasteiger partial charge in [-0.1, -0.05) is 12.1 Å². The van der Waals surface area contributed by atoms with Crippen molar-refractivity contribution < 1.29 is 19.4 Å². The van der Waals surface area contributed by atoms with E-state index in [9.17, 15) is 14.7 Å². The summed E-state index contributed by atoms with van der Waals surface area (Å²) < 4.78 is 5.38. The number of carboxylic acid groups (broad SMARTS) is 1. The van der Waals surface area contributed by atoms with Crippen LogP contribution in [0.3, 0.4) is 0 Å². The SMILES string of the molecule is CCOc1ccc([C@H](CC(=O)O)N2CCN(CCCc3ccc4c(n3)CCCC4)C2=O)cn1. The highest BCUT2D eigenvalue weighted by atomic mass is 16.5. The van der Waals surface area contributed by atoms with Crippen LogP contribution in [-0.2, 0) is 24.1 Å². The summed E-state index contributed by atoms with van der Waals surface area (Å²) >= 11 is 0. The van der Waals surface area contributed by atoms with E-state index in [2.05, 4.69) is 17.1 Å². The Morgan fingerprint density at radius 3 is 2.79 bits per heavy atom. The number of aryl methyl sites for hydroxylation is 3. The molecule has 0 bridgehead atoms. The molecule has 2 aromatic rings. The van der Waals surface area contributed by atoms with Gasteiger partial charge >= 0.3 is 12.0 Å². The zero-order chi connectivity index (χ0) is 23.2. The Kier molecular flexibility index (Phi) is 7.42. The fourth-order valence-corrected chi connectivity index (χ4v) is 4.71. The highest BCUT2D eigenvalue weighted by Gasteiger charge is 2.35. The topological polar surface area (TPSA) is 95.9 Å². The second kappa shape index (κ2) is 10.6. The number of pyridine rings is 2. The van der Waals surface area contributed by atoms with Crippen LogP contribution < -0.4 is 4.74 Å². The van der Waals surface area contributed by atoms with E-state index in [4.69, 9.17) is 9.72 Å². The van der Waals surface area contributed by atoms with Crippen LogP contribution in [0.2, 0.25) is 0 Å². The first kappa shape index (κ1) is 23.0. The molecule has 2 aliphatic rings. The van der Waals surface area contributed by atoms with E-state index >= 15 is 0 Å². The minimum atomic E-state index is -0.946. The fourth-order valence-electron chi connectivity index (χ4n) is 4.71. The number of fused-ring (bicyclic) bond motifs is 1. The van der Waals surface area contributed by atoms with Crippen LogP contribution in [-0.4, -0.2) is 63.1 Å². The predicted molar refractivity (Wildman–Crippen MR) is 123 cm³/mol. The molecule has 1 N–H and O–H groups in total. The zero-order valence-electron chi connectivity index (χ0n) is 19.2. The first-order chi connectivity index (χ1) is 16.0. The maximum atomic E-state index is 13.1. The molecule has 1 saturated heterocycles. The Hall–Kier alpha value is -3.16. The second-order valence-electron chi connectivity index (χ2n) is 8.66. The lowest BCUT2D eigenvalue weighted by molar-refractivity contribution is -0.138. The number of hydrogen-bond donors (Lipinski definition) is 1. The van der Waals surface area contributed by atoms with E-state index in [1.807, 2.05) is 11.8 Å². The minimum Gasteiger partial charge on any atom is -0.481 e. The van der Waals surface area contributed by atoms with Crippen LogP contribution in [0.5, 0.6) is 5.88 Å². The Labute approximate surface area is 194 Å². The van der Waals surface area contributed by atoms with Gasteiger partial charge in [-0.05, 0) is 62.6 Å². The molecule has 1 aliphatic carbocycles. The smallest absolute Gasteiger partial charge is 0.320 e. The molecule has 2 aromatic heterocycles. The van der Waals surface area contributed by atoms with E-state index < -0.39 is 12.0 Å². The highest BCUT2D eigenvalue weighted by molar-refractivity contribution is 5.78. The van der Waals surface area contributed by atoms with E-state index in [-0.39, 0.29) is 12.5 Å². The molecular weight excluding hydrogens is 420 g/mol. The summed E-state index contributed by atoms with van der Waals surface area (Å²) in [5.74, 6) is -0.459. The number of ether oxygens (including phenoxy) is 1. The van der Waals surface area contributed by atoms with Gasteiger partial charge in [0.05, 0.1) is 19.1 Å². The second-order valence-corrected chi connectivity index (χ2v) is 8.66. The van der Waals surface area contributed by atoms with Gasteiger partial charge in [0, 0.05) is 43.3 Å². The van der Waals surface area contributed by atoms with Gasteiger partial charge in [-0.3, -0.25) is 9.78 Å². The van der Waals surface area contributed by atoms with Crippen molar-refractivity contribution in [2.45, 2.75) is 57.9 Å². The van der Waals surface area contributed by atoms with Crippen LogP contribution >= 0.6 is 0 Å². The maximum Gasteiger partial charge on any atom is 0.320 e. The number of carbonyl (C=O) groups is 2.